The van der Waals surface area contributed by atoms with Crippen molar-refractivity contribution in [2.45, 2.75) is 44.4 Å². The zero-order valence-electron chi connectivity index (χ0n) is 21.9. The van der Waals surface area contributed by atoms with Gasteiger partial charge in [0.25, 0.3) is 5.91 Å². The molecular weight excluding hydrogens is 518 g/mol. The molecule has 1 aromatic heterocycles. The lowest BCUT2D eigenvalue weighted by Crippen LogP contribution is -2.49. The van der Waals surface area contributed by atoms with Crippen molar-refractivity contribution in [1.29, 1.82) is 0 Å². The molecule has 10 heteroatoms. The second-order valence-electron chi connectivity index (χ2n) is 10.4. The van der Waals surface area contributed by atoms with E-state index in [2.05, 4.69) is 21.7 Å². The van der Waals surface area contributed by atoms with Gasteiger partial charge in [0.05, 0.1) is 24.6 Å². The molecule has 3 atom stereocenters. The van der Waals surface area contributed by atoms with E-state index in [0.29, 0.717) is 22.4 Å². The average molecular weight is 549 g/mol. The standard InChI is InChI=1S/C30H30F2N4O4/c1-17(24-14-23(37)9-6-19(24)5-4-18-2-3-18)34-30(40)27-13-22(32)16-36(27)28(38)15-33-29(39)26-10-7-20-12-21(31)8-11-25(20)35-26/h4-12,14,17-18,22,27,37H,2-3,13,15-16H2,1H3,(H,33,39)(H,34,40)/b5-4+/t17-,22+,27-/m0/s1. The van der Waals surface area contributed by atoms with Crippen molar-refractivity contribution in [2.75, 3.05) is 13.1 Å². The van der Waals surface area contributed by atoms with Gasteiger partial charge in [-0.05, 0) is 73.2 Å². The highest BCUT2D eigenvalue weighted by Gasteiger charge is 2.40. The maximum atomic E-state index is 14.4. The van der Waals surface area contributed by atoms with Crippen LogP contribution in [0.3, 0.4) is 0 Å². The number of amides is 3. The molecule has 0 unspecified atom stereocenters. The average Bonchev–Trinajstić information content (AvgIpc) is 3.68. The number of nitrogens with one attached hydrogen (secondary N) is 2. The lowest BCUT2D eigenvalue weighted by Gasteiger charge is -2.26. The molecule has 40 heavy (non-hydrogen) atoms. The molecule has 5 rings (SSSR count). The normalized spacial score (nSPS) is 19.6. The molecule has 1 aliphatic heterocycles. The number of aromatic hydroxyl groups is 1. The summed E-state index contributed by atoms with van der Waals surface area (Å²) < 4.78 is 27.8. The predicted octanol–water partition coefficient (Wildman–Crippen LogP) is 4.05. The summed E-state index contributed by atoms with van der Waals surface area (Å²) in [7, 11) is 0. The molecule has 1 saturated carbocycles. The van der Waals surface area contributed by atoms with Crippen molar-refractivity contribution in [2.24, 2.45) is 5.92 Å². The molecule has 3 aromatic rings. The van der Waals surface area contributed by atoms with Gasteiger partial charge in [-0.3, -0.25) is 14.4 Å². The van der Waals surface area contributed by atoms with Crippen LogP contribution in [0.4, 0.5) is 8.78 Å². The van der Waals surface area contributed by atoms with Crippen molar-refractivity contribution >= 4 is 34.7 Å². The number of hydrogen-bond acceptors (Lipinski definition) is 5. The maximum absolute atomic E-state index is 14.4. The van der Waals surface area contributed by atoms with Crippen LogP contribution in [0.5, 0.6) is 5.75 Å². The number of nitrogens with zero attached hydrogens (tertiary/aromatic N) is 2. The lowest BCUT2D eigenvalue weighted by atomic mass is 9.99. The first-order valence-corrected chi connectivity index (χ1v) is 13.3. The third-order valence-corrected chi connectivity index (χ3v) is 7.22. The largest absolute Gasteiger partial charge is 0.508 e. The second kappa shape index (κ2) is 11.4. The summed E-state index contributed by atoms with van der Waals surface area (Å²) in [5, 5.41) is 15.9. The first-order chi connectivity index (χ1) is 19.2. The van der Waals surface area contributed by atoms with Gasteiger partial charge in [-0.25, -0.2) is 13.8 Å². The van der Waals surface area contributed by atoms with Crippen LogP contribution in [0, 0.1) is 11.7 Å². The van der Waals surface area contributed by atoms with E-state index in [1.807, 2.05) is 6.08 Å². The number of halogens is 2. The van der Waals surface area contributed by atoms with Gasteiger partial charge < -0.3 is 20.6 Å². The van der Waals surface area contributed by atoms with Crippen molar-refractivity contribution < 1.29 is 28.3 Å². The van der Waals surface area contributed by atoms with Crippen molar-refractivity contribution in [3.05, 3.63) is 77.2 Å². The number of rotatable bonds is 8. The first-order valence-electron chi connectivity index (χ1n) is 13.3. The Bertz CT molecular complexity index is 1490. The molecule has 1 aliphatic carbocycles. The Morgan fingerprint density at radius 1 is 1.15 bits per heavy atom. The number of pyridine rings is 1. The fourth-order valence-electron chi connectivity index (χ4n) is 4.88. The highest BCUT2D eigenvalue weighted by molar-refractivity contribution is 5.97. The number of fused-ring (bicyclic) bond motifs is 1. The number of benzene rings is 2. The molecular formula is C30H30F2N4O4. The van der Waals surface area contributed by atoms with E-state index < -0.39 is 48.3 Å². The molecule has 0 radical (unpaired) electrons. The molecule has 3 N–H and O–H groups in total. The highest BCUT2D eigenvalue weighted by Crippen LogP contribution is 2.32. The Balaban J connectivity index is 1.22. The molecule has 0 spiro atoms. The Labute approximate surface area is 230 Å². The third kappa shape index (κ3) is 6.27. The fraction of sp³-hybridized carbons (Fsp3) is 0.333. The van der Waals surface area contributed by atoms with E-state index in [-0.39, 0.29) is 24.4 Å². The summed E-state index contributed by atoms with van der Waals surface area (Å²) in [6, 6.07) is 10.3. The monoisotopic (exact) mass is 548 g/mol. The molecule has 2 aromatic carbocycles. The van der Waals surface area contributed by atoms with Crippen molar-refractivity contribution in [3.63, 3.8) is 0 Å². The van der Waals surface area contributed by atoms with E-state index in [1.54, 1.807) is 31.2 Å². The Kier molecular flexibility index (Phi) is 7.77. The van der Waals surface area contributed by atoms with Crippen LogP contribution in [-0.4, -0.2) is 58.0 Å². The minimum atomic E-state index is -1.38. The second-order valence-corrected chi connectivity index (χ2v) is 10.4. The summed E-state index contributed by atoms with van der Waals surface area (Å²) >= 11 is 0. The van der Waals surface area contributed by atoms with E-state index in [4.69, 9.17) is 0 Å². The van der Waals surface area contributed by atoms with Crippen LogP contribution < -0.4 is 10.6 Å². The zero-order valence-corrected chi connectivity index (χ0v) is 21.9. The minimum Gasteiger partial charge on any atom is -0.508 e. The predicted molar refractivity (Wildman–Crippen MR) is 145 cm³/mol. The summed E-state index contributed by atoms with van der Waals surface area (Å²) in [5.41, 5.74) is 2.02. The molecule has 1 saturated heterocycles. The number of likely N-dealkylation sites (tertiary alicyclic amines) is 1. The molecule has 3 amide bonds. The first kappa shape index (κ1) is 27.2. The number of carbonyl (C=O) groups is 3. The number of phenolic OH excluding ortho intramolecular Hbond substituents is 1. The van der Waals surface area contributed by atoms with Crippen LogP contribution in [0.1, 0.15) is 53.8 Å². The smallest absolute Gasteiger partial charge is 0.270 e. The maximum Gasteiger partial charge on any atom is 0.270 e. The van der Waals surface area contributed by atoms with E-state index in [1.165, 1.54) is 24.3 Å². The number of allylic oxidation sites excluding steroid dienone is 1. The topological polar surface area (TPSA) is 112 Å². The molecule has 0 bridgehead atoms. The quantitative estimate of drug-likeness (QED) is 0.393. The molecule has 2 fully saturated rings. The lowest BCUT2D eigenvalue weighted by molar-refractivity contribution is -0.138. The molecule has 208 valence electrons. The summed E-state index contributed by atoms with van der Waals surface area (Å²) in [5.74, 6) is -1.56. The summed E-state index contributed by atoms with van der Waals surface area (Å²) in [6.07, 6.45) is 4.83. The molecule has 2 aliphatic rings. The van der Waals surface area contributed by atoms with E-state index in [9.17, 15) is 28.3 Å². The number of hydrogen-bond donors (Lipinski definition) is 3. The van der Waals surface area contributed by atoms with Gasteiger partial charge in [0.15, 0.2) is 0 Å². The number of phenols is 1. The molecule has 8 nitrogen and oxygen atoms in total. The third-order valence-electron chi connectivity index (χ3n) is 7.22. The van der Waals surface area contributed by atoms with E-state index >= 15 is 0 Å². The Hall–Kier alpha value is -4.34. The van der Waals surface area contributed by atoms with Gasteiger partial charge in [-0.2, -0.15) is 0 Å². The van der Waals surface area contributed by atoms with Gasteiger partial charge in [0, 0.05) is 11.8 Å². The Morgan fingerprint density at radius 2 is 1.95 bits per heavy atom. The molecule has 2 heterocycles. The van der Waals surface area contributed by atoms with Gasteiger partial charge in [0.1, 0.15) is 29.5 Å². The van der Waals surface area contributed by atoms with Crippen LogP contribution in [-0.2, 0) is 9.59 Å². The minimum absolute atomic E-state index is 0.0393. The van der Waals surface area contributed by atoms with Crippen LogP contribution >= 0.6 is 0 Å². The van der Waals surface area contributed by atoms with Gasteiger partial charge >= 0.3 is 0 Å². The van der Waals surface area contributed by atoms with Crippen LogP contribution in [0.2, 0.25) is 0 Å². The number of carbonyl (C=O) groups excluding carboxylic acids is 3. The van der Waals surface area contributed by atoms with Crippen LogP contribution in [0.15, 0.2) is 54.6 Å². The summed E-state index contributed by atoms with van der Waals surface area (Å²) in [6.45, 7) is 1.06. The van der Waals surface area contributed by atoms with Gasteiger partial charge in [-0.1, -0.05) is 24.3 Å². The Morgan fingerprint density at radius 3 is 2.73 bits per heavy atom. The van der Waals surface area contributed by atoms with Crippen molar-refractivity contribution in [3.8, 4) is 5.75 Å². The summed E-state index contributed by atoms with van der Waals surface area (Å²) in [4.78, 5) is 44.1. The van der Waals surface area contributed by atoms with Crippen LogP contribution in [0.25, 0.3) is 17.0 Å². The van der Waals surface area contributed by atoms with Gasteiger partial charge in [0.2, 0.25) is 11.8 Å². The van der Waals surface area contributed by atoms with Crippen molar-refractivity contribution in [1.82, 2.24) is 20.5 Å². The SMILES string of the molecule is C[C@H](NC(=O)[C@@H]1C[C@@H](F)CN1C(=O)CNC(=O)c1ccc2cc(F)ccc2n1)c1cc(O)ccc1/C=C/C1CC1. The number of aromatic nitrogens is 1. The fourth-order valence-corrected chi connectivity index (χ4v) is 4.88. The zero-order chi connectivity index (χ0) is 28.4. The number of alkyl halides is 1. The highest BCUT2D eigenvalue weighted by atomic mass is 19.1. The van der Waals surface area contributed by atoms with E-state index in [0.717, 1.165) is 23.3 Å². The van der Waals surface area contributed by atoms with Gasteiger partial charge in [-0.15, -0.1) is 0 Å².